The lowest BCUT2D eigenvalue weighted by Crippen LogP contribution is -2.21. The standard InChI is InChI=1S/C26H25N3O5S/c1-16-4-8-20(9-5-16)23-15-35-26(27-23)28-24(30)14-33-25(31)12-19-6-10-21(11-7-19)32-13-22-17(2)29-34-18(22)3/h4-11,15H,12-14H2,1-3H3,(H,27,28,30). The van der Waals surface area contributed by atoms with Crippen LogP contribution in [0, 0.1) is 20.8 Å². The normalized spacial score (nSPS) is 10.7. The Morgan fingerprint density at radius 2 is 1.77 bits per heavy atom. The van der Waals surface area contributed by atoms with Gasteiger partial charge in [0.05, 0.1) is 23.4 Å². The summed E-state index contributed by atoms with van der Waals surface area (Å²) in [7, 11) is 0. The summed E-state index contributed by atoms with van der Waals surface area (Å²) in [6.45, 7) is 5.70. The predicted octanol–water partition coefficient (Wildman–Crippen LogP) is 5.03. The number of rotatable bonds is 9. The van der Waals surface area contributed by atoms with Gasteiger partial charge in [0.25, 0.3) is 5.91 Å². The van der Waals surface area contributed by atoms with Gasteiger partial charge in [-0.2, -0.15) is 0 Å². The summed E-state index contributed by atoms with van der Waals surface area (Å²) in [5.74, 6) is 0.456. The third kappa shape index (κ3) is 6.54. The molecule has 180 valence electrons. The minimum atomic E-state index is -0.496. The summed E-state index contributed by atoms with van der Waals surface area (Å²) >= 11 is 1.32. The number of anilines is 1. The molecule has 2 aromatic heterocycles. The first-order valence-electron chi connectivity index (χ1n) is 11.0. The van der Waals surface area contributed by atoms with Gasteiger partial charge in [-0.15, -0.1) is 11.3 Å². The average molecular weight is 492 g/mol. The fourth-order valence-corrected chi connectivity index (χ4v) is 4.01. The van der Waals surface area contributed by atoms with Crippen molar-refractivity contribution in [3.05, 3.63) is 82.1 Å². The molecule has 0 saturated heterocycles. The number of amides is 1. The maximum atomic E-state index is 12.2. The molecule has 0 radical (unpaired) electrons. The second kappa shape index (κ2) is 11.0. The van der Waals surface area contributed by atoms with Crippen molar-refractivity contribution >= 4 is 28.3 Å². The number of carbonyl (C=O) groups excluding carboxylic acids is 2. The first-order valence-corrected chi connectivity index (χ1v) is 11.9. The van der Waals surface area contributed by atoms with Crippen LogP contribution < -0.4 is 10.1 Å². The summed E-state index contributed by atoms with van der Waals surface area (Å²) in [4.78, 5) is 28.8. The highest BCUT2D eigenvalue weighted by molar-refractivity contribution is 7.14. The third-order valence-corrected chi connectivity index (χ3v) is 6.06. The van der Waals surface area contributed by atoms with Gasteiger partial charge in [0.1, 0.15) is 18.1 Å². The molecule has 1 amide bonds. The zero-order chi connectivity index (χ0) is 24.8. The summed E-state index contributed by atoms with van der Waals surface area (Å²) in [6, 6.07) is 15.1. The molecule has 1 N–H and O–H groups in total. The molecule has 4 aromatic rings. The molecule has 9 heteroatoms. The highest BCUT2D eigenvalue weighted by atomic mass is 32.1. The molecule has 4 rings (SSSR count). The monoisotopic (exact) mass is 491 g/mol. The van der Waals surface area contributed by atoms with E-state index in [1.807, 2.05) is 50.4 Å². The van der Waals surface area contributed by atoms with E-state index in [1.165, 1.54) is 11.3 Å². The van der Waals surface area contributed by atoms with Crippen molar-refractivity contribution in [2.45, 2.75) is 33.8 Å². The smallest absolute Gasteiger partial charge is 0.310 e. The maximum absolute atomic E-state index is 12.2. The zero-order valence-electron chi connectivity index (χ0n) is 19.7. The van der Waals surface area contributed by atoms with Crippen molar-refractivity contribution in [1.82, 2.24) is 10.1 Å². The maximum Gasteiger partial charge on any atom is 0.310 e. The fourth-order valence-electron chi connectivity index (χ4n) is 3.27. The van der Waals surface area contributed by atoms with Gasteiger partial charge in [-0.25, -0.2) is 4.98 Å². The molecule has 0 bridgehead atoms. The first kappa shape index (κ1) is 24.2. The summed E-state index contributed by atoms with van der Waals surface area (Å²) in [5, 5.41) is 8.90. The van der Waals surface area contributed by atoms with E-state index in [9.17, 15) is 9.59 Å². The van der Waals surface area contributed by atoms with Crippen LogP contribution in [0.5, 0.6) is 5.75 Å². The number of ether oxygens (including phenoxy) is 2. The van der Waals surface area contributed by atoms with E-state index in [0.29, 0.717) is 17.5 Å². The molecule has 0 saturated carbocycles. The van der Waals surface area contributed by atoms with E-state index >= 15 is 0 Å². The minimum Gasteiger partial charge on any atom is -0.489 e. The number of hydrogen-bond acceptors (Lipinski definition) is 8. The lowest BCUT2D eigenvalue weighted by Gasteiger charge is -2.08. The van der Waals surface area contributed by atoms with Crippen LogP contribution in [0.15, 0.2) is 58.4 Å². The number of thiazole rings is 1. The van der Waals surface area contributed by atoms with E-state index in [0.717, 1.165) is 39.4 Å². The lowest BCUT2D eigenvalue weighted by molar-refractivity contribution is -0.146. The number of aromatic nitrogens is 2. The van der Waals surface area contributed by atoms with Gasteiger partial charge < -0.3 is 14.0 Å². The molecule has 0 atom stereocenters. The molecule has 35 heavy (non-hydrogen) atoms. The van der Waals surface area contributed by atoms with E-state index in [2.05, 4.69) is 15.5 Å². The molecular formula is C26H25N3O5S. The number of nitrogens with zero attached hydrogens (tertiary/aromatic N) is 2. The van der Waals surface area contributed by atoms with E-state index < -0.39 is 11.9 Å². The van der Waals surface area contributed by atoms with Crippen molar-refractivity contribution in [2.75, 3.05) is 11.9 Å². The van der Waals surface area contributed by atoms with Gasteiger partial charge in [-0.3, -0.25) is 14.9 Å². The number of carbonyl (C=O) groups is 2. The minimum absolute atomic E-state index is 0.0479. The van der Waals surface area contributed by atoms with Crippen LogP contribution >= 0.6 is 11.3 Å². The van der Waals surface area contributed by atoms with Crippen molar-refractivity contribution in [1.29, 1.82) is 0 Å². The van der Waals surface area contributed by atoms with Crippen molar-refractivity contribution in [3.8, 4) is 17.0 Å². The van der Waals surface area contributed by atoms with Crippen LogP contribution in [0.1, 0.15) is 28.1 Å². The Morgan fingerprint density at radius 3 is 2.46 bits per heavy atom. The summed E-state index contributed by atoms with van der Waals surface area (Å²) in [6.07, 6.45) is 0.0479. The Balaban J connectivity index is 1.21. The molecule has 0 unspecified atom stereocenters. The molecule has 0 aliphatic carbocycles. The quantitative estimate of drug-likeness (QED) is 0.328. The Morgan fingerprint density at radius 1 is 1.03 bits per heavy atom. The number of hydrogen-bond donors (Lipinski definition) is 1. The van der Waals surface area contributed by atoms with Crippen LogP contribution in [0.4, 0.5) is 5.13 Å². The number of benzene rings is 2. The van der Waals surface area contributed by atoms with Crippen molar-refractivity contribution in [2.24, 2.45) is 0 Å². The number of nitrogens with one attached hydrogen (secondary N) is 1. The zero-order valence-corrected chi connectivity index (χ0v) is 20.5. The number of aryl methyl sites for hydroxylation is 3. The Bertz CT molecular complexity index is 1290. The first-order chi connectivity index (χ1) is 16.9. The molecule has 8 nitrogen and oxygen atoms in total. The predicted molar refractivity (Wildman–Crippen MR) is 132 cm³/mol. The van der Waals surface area contributed by atoms with Gasteiger partial charge >= 0.3 is 5.97 Å². The number of esters is 1. The fraction of sp³-hybridized carbons (Fsp3) is 0.231. The molecule has 0 aliphatic heterocycles. The van der Waals surface area contributed by atoms with E-state index in [4.69, 9.17) is 14.0 Å². The Labute approximate surface area is 206 Å². The molecule has 0 spiro atoms. The SMILES string of the molecule is Cc1ccc(-c2csc(NC(=O)COC(=O)Cc3ccc(OCc4c(C)noc4C)cc3)n2)cc1. The van der Waals surface area contributed by atoms with Gasteiger partial charge in [0.15, 0.2) is 11.7 Å². The molecule has 2 heterocycles. The van der Waals surface area contributed by atoms with Crippen LogP contribution in [0.25, 0.3) is 11.3 Å². The topological polar surface area (TPSA) is 104 Å². The van der Waals surface area contributed by atoms with E-state index in [1.54, 1.807) is 24.3 Å². The van der Waals surface area contributed by atoms with Gasteiger partial charge in [0, 0.05) is 10.9 Å². The highest BCUT2D eigenvalue weighted by Crippen LogP contribution is 2.25. The molecule has 0 fully saturated rings. The molecule has 0 aliphatic rings. The van der Waals surface area contributed by atoms with Gasteiger partial charge in [-0.05, 0) is 38.5 Å². The van der Waals surface area contributed by atoms with Crippen LogP contribution in [-0.4, -0.2) is 28.6 Å². The average Bonchev–Trinajstić information content (AvgIpc) is 3.44. The van der Waals surface area contributed by atoms with Crippen LogP contribution in [0.3, 0.4) is 0 Å². The highest BCUT2D eigenvalue weighted by Gasteiger charge is 2.13. The molecule has 2 aromatic carbocycles. The van der Waals surface area contributed by atoms with Crippen LogP contribution in [0.2, 0.25) is 0 Å². The Kier molecular flexibility index (Phi) is 7.57. The largest absolute Gasteiger partial charge is 0.489 e. The van der Waals surface area contributed by atoms with Crippen molar-refractivity contribution in [3.63, 3.8) is 0 Å². The summed E-state index contributed by atoms with van der Waals surface area (Å²) in [5.41, 5.74) is 5.38. The van der Waals surface area contributed by atoms with Crippen LogP contribution in [-0.2, 0) is 27.4 Å². The van der Waals surface area contributed by atoms with E-state index in [-0.39, 0.29) is 13.0 Å². The van der Waals surface area contributed by atoms with Gasteiger partial charge in [-0.1, -0.05) is 47.1 Å². The second-order valence-corrected chi connectivity index (χ2v) is 8.88. The second-order valence-electron chi connectivity index (χ2n) is 8.02. The summed E-state index contributed by atoms with van der Waals surface area (Å²) < 4.78 is 16.0. The molecular weight excluding hydrogens is 466 g/mol. The third-order valence-electron chi connectivity index (χ3n) is 5.30. The Hall–Kier alpha value is -3.98. The lowest BCUT2D eigenvalue weighted by atomic mass is 10.1. The van der Waals surface area contributed by atoms with Gasteiger partial charge in [0.2, 0.25) is 0 Å². The van der Waals surface area contributed by atoms with Crippen molar-refractivity contribution < 1.29 is 23.6 Å².